The highest BCUT2D eigenvalue weighted by atomic mass is 79.9. The Morgan fingerprint density at radius 2 is 1.90 bits per heavy atom. The molecule has 0 aliphatic heterocycles. The highest BCUT2D eigenvalue weighted by Gasteiger charge is 2.11. The average Bonchev–Trinajstić information content (AvgIpc) is 2.41. The second-order valence-electron chi connectivity index (χ2n) is 4.37. The van der Waals surface area contributed by atoms with Crippen molar-refractivity contribution in [1.29, 1.82) is 0 Å². The molecule has 1 atom stereocenters. The average molecular weight is 337 g/mol. The standard InChI is InChI=1S/C16H17BrO3/c1-3-19-13-5-4-6-14(10-13)20-16-8-7-12(17)9-15(16)11(2)18/h4-11,18H,3H2,1-2H3. The van der Waals surface area contributed by atoms with Crippen LogP contribution in [0.15, 0.2) is 46.9 Å². The van der Waals surface area contributed by atoms with Crippen LogP contribution in [0.2, 0.25) is 0 Å². The van der Waals surface area contributed by atoms with Gasteiger partial charge in [0.2, 0.25) is 0 Å². The van der Waals surface area contributed by atoms with Crippen molar-refractivity contribution in [2.75, 3.05) is 6.61 Å². The Balaban J connectivity index is 2.27. The molecule has 2 aromatic rings. The first kappa shape index (κ1) is 14.9. The second kappa shape index (κ2) is 6.77. The van der Waals surface area contributed by atoms with E-state index >= 15 is 0 Å². The normalized spacial score (nSPS) is 12.0. The van der Waals surface area contributed by atoms with Crippen molar-refractivity contribution < 1.29 is 14.6 Å². The number of aliphatic hydroxyl groups is 1. The van der Waals surface area contributed by atoms with Gasteiger partial charge < -0.3 is 14.6 Å². The van der Waals surface area contributed by atoms with E-state index in [9.17, 15) is 5.11 Å². The molecule has 0 fully saturated rings. The molecule has 4 heteroatoms. The number of benzene rings is 2. The van der Waals surface area contributed by atoms with Crippen molar-refractivity contribution in [3.63, 3.8) is 0 Å². The van der Waals surface area contributed by atoms with Gasteiger partial charge >= 0.3 is 0 Å². The molecule has 106 valence electrons. The lowest BCUT2D eigenvalue weighted by Gasteiger charge is -2.14. The molecule has 0 aliphatic carbocycles. The number of hydrogen-bond donors (Lipinski definition) is 1. The van der Waals surface area contributed by atoms with E-state index in [1.807, 2.05) is 49.4 Å². The van der Waals surface area contributed by atoms with Crippen molar-refractivity contribution >= 4 is 15.9 Å². The summed E-state index contributed by atoms with van der Waals surface area (Å²) in [6, 6.07) is 13.0. The Labute approximate surface area is 127 Å². The molecule has 0 aromatic heterocycles. The minimum Gasteiger partial charge on any atom is -0.494 e. The Hall–Kier alpha value is -1.52. The molecule has 3 nitrogen and oxygen atoms in total. The number of halogens is 1. The van der Waals surface area contributed by atoms with E-state index < -0.39 is 6.10 Å². The summed E-state index contributed by atoms with van der Waals surface area (Å²) in [5, 5.41) is 9.82. The van der Waals surface area contributed by atoms with E-state index in [2.05, 4.69) is 15.9 Å². The lowest BCUT2D eigenvalue weighted by Crippen LogP contribution is -1.97. The van der Waals surface area contributed by atoms with Gasteiger partial charge in [0.25, 0.3) is 0 Å². The molecular weight excluding hydrogens is 320 g/mol. The zero-order valence-electron chi connectivity index (χ0n) is 11.5. The zero-order valence-corrected chi connectivity index (χ0v) is 13.1. The Kier molecular flexibility index (Phi) is 5.04. The van der Waals surface area contributed by atoms with Gasteiger partial charge in [-0.2, -0.15) is 0 Å². The van der Waals surface area contributed by atoms with Crippen molar-refractivity contribution in [1.82, 2.24) is 0 Å². The van der Waals surface area contributed by atoms with Crippen molar-refractivity contribution in [3.05, 3.63) is 52.5 Å². The summed E-state index contributed by atoms with van der Waals surface area (Å²) >= 11 is 3.40. The van der Waals surface area contributed by atoms with E-state index in [0.717, 1.165) is 15.8 Å². The minimum atomic E-state index is -0.599. The van der Waals surface area contributed by atoms with Crippen LogP contribution >= 0.6 is 15.9 Å². The van der Waals surface area contributed by atoms with Crippen LogP contribution in [0.3, 0.4) is 0 Å². The molecule has 20 heavy (non-hydrogen) atoms. The van der Waals surface area contributed by atoms with Gasteiger partial charge in [-0.3, -0.25) is 0 Å². The quantitative estimate of drug-likeness (QED) is 0.860. The highest BCUT2D eigenvalue weighted by molar-refractivity contribution is 9.10. The van der Waals surface area contributed by atoms with Crippen molar-refractivity contribution in [3.8, 4) is 17.2 Å². The van der Waals surface area contributed by atoms with Gasteiger partial charge in [-0.15, -0.1) is 0 Å². The van der Waals surface area contributed by atoms with Crippen LogP contribution < -0.4 is 9.47 Å². The first-order valence-electron chi connectivity index (χ1n) is 6.48. The first-order valence-corrected chi connectivity index (χ1v) is 7.27. The van der Waals surface area contributed by atoms with Gasteiger partial charge in [-0.05, 0) is 44.2 Å². The van der Waals surface area contributed by atoms with Gasteiger partial charge in [-0.25, -0.2) is 0 Å². The van der Waals surface area contributed by atoms with E-state index in [0.29, 0.717) is 18.1 Å². The molecule has 1 unspecified atom stereocenters. The Morgan fingerprint density at radius 3 is 2.60 bits per heavy atom. The molecule has 2 aromatic carbocycles. The summed E-state index contributed by atoms with van der Waals surface area (Å²) < 4.78 is 12.2. The van der Waals surface area contributed by atoms with E-state index in [4.69, 9.17) is 9.47 Å². The van der Waals surface area contributed by atoms with Crippen LogP contribution in [0.4, 0.5) is 0 Å². The number of hydrogen-bond acceptors (Lipinski definition) is 3. The molecule has 0 amide bonds. The molecule has 0 bridgehead atoms. The molecular formula is C16H17BrO3. The van der Waals surface area contributed by atoms with Crippen molar-refractivity contribution in [2.45, 2.75) is 20.0 Å². The molecule has 2 rings (SSSR count). The second-order valence-corrected chi connectivity index (χ2v) is 5.28. The topological polar surface area (TPSA) is 38.7 Å². The first-order chi connectivity index (χ1) is 9.60. The van der Waals surface area contributed by atoms with Crippen LogP contribution in [0.5, 0.6) is 17.2 Å². The SMILES string of the molecule is CCOc1cccc(Oc2ccc(Br)cc2C(C)O)c1. The Bertz CT molecular complexity index is 582. The van der Waals surface area contributed by atoms with Gasteiger partial charge in [0.05, 0.1) is 12.7 Å². The summed E-state index contributed by atoms with van der Waals surface area (Å²) in [6.07, 6.45) is -0.599. The third-order valence-corrected chi connectivity index (χ3v) is 3.26. The number of rotatable bonds is 5. The van der Waals surface area contributed by atoms with Gasteiger partial charge in [0, 0.05) is 16.1 Å². The van der Waals surface area contributed by atoms with Crippen LogP contribution in [-0.4, -0.2) is 11.7 Å². The maximum absolute atomic E-state index is 9.82. The smallest absolute Gasteiger partial charge is 0.133 e. The third-order valence-electron chi connectivity index (χ3n) is 2.77. The molecule has 0 saturated carbocycles. The van der Waals surface area contributed by atoms with Crippen molar-refractivity contribution in [2.24, 2.45) is 0 Å². The van der Waals surface area contributed by atoms with E-state index in [-0.39, 0.29) is 0 Å². The number of ether oxygens (including phenoxy) is 2. The van der Waals surface area contributed by atoms with Crippen LogP contribution in [0.1, 0.15) is 25.5 Å². The maximum Gasteiger partial charge on any atom is 0.133 e. The predicted octanol–water partition coefficient (Wildman–Crippen LogP) is 4.69. The summed E-state index contributed by atoms with van der Waals surface area (Å²) in [4.78, 5) is 0. The zero-order chi connectivity index (χ0) is 14.5. The van der Waals surface area contributed by atoms with Crippen LogP contribution in [-0.2, 0) is 0 Å². The van der Waals surface area contributed by atoms with Gasteiger partial charge in [0.1, 0.15) is 17.2 Å². The molecule has 0 radical (unpaired) electrons. The highest BCUT2D eigenvalue weighted by Crippen LogP contribution is 2.33. The summed E-state index contributed by atoms with van der Waals surface area (Å²) in [5.41, 5.74) is 0.737. The van der Waals surface area contributed by atoms with Gasteiger partial charge in [-0.1, -0.05) is 22.0 Å². The molecule has 0 saturated heterocycles. The van der Waals surface area contributed by atoms with E-state index in [1.165, 1.54) is 0 Å². The number of aliphatic hydroxyl groups excluding tert-OH is 1. The van der Waals surface area contributed by atoms with Crippen LogP contribution in [0, 0.1) is 0 Å². The lowest BCUT2D eigenvalue weighted by atomic mass is 10.1. The minimum absolute atomic E-state index is 0.599. The van der Waals surface area contributed by atoms with E-state index in [1.54, 1.807) is 6.92 Å². The van der Waals surface area contributed by atoms with Gasteiger partial charge in [0.15, 0.2) is 0 Å². The monoisotopic (exact) mass is 336 g/mol. The fourth-order valence-corrected chi connectivity index (χ4v) is 2.24. The molecule has 0 aliphatic rings. The predicted molar refractivity (Wildman–Crippen MR) is 82.5 cm³/mol. The summed E-state index contributed by atoms with van der Waals surface area (Å²) in [5.74, 6) is 2.08. The fourth-order valence-electron chi connectivity index (χ4n) is 1.86. The summed E-state index contributed by atoms with van der Waals surface area (Å²) in [6.45, 7) is 4.26. The largest absolute Gasteiger partial charge is 0.494 e. The Morgan fingerprint density at radius 1 is 1.15 bits per heavy atom. The van der Waals surface area contributed by atoms with Crippen LogP contribution in [0.25, 0.3) is 0 Å². The maximum atomic E-state index is 9.82. The fraction of sp³-hybridized carbons (Fsp3) is 0.250. The molecule has 0 spiro atoms. The third kappa shape index (κ3) is 3.74. The molecule has 0 heterocycles. The summed E-state index contributed by atoms with van der Waals surface area (Å²) in [7, 11) is 0. The lowest BCUT2D eigenvalue weighted by molar-refractivity contribution is 0.195. The molecule has 1 N–H and O–H groups in total.